The highest BCUT2D eigenvalue weighted by Gasteiger charge is 2.22. The van der Waals surface area contributed by atoms with E-state index >= 15 is 0 Å². The molecule has 0 aliphatic heterocycles. The summed E-state index contributed by atoms with van der Waals surface area (Å²) in [6.07, 6.45) is 0. The number of aromatic nitrogens is 5. The highest BCUT2D eigenvalue weighted by atomic mass is 35.5. The first-order chi connectivity index (χ1) is 15.3. The molecule has 3 aromatic heterocycles. The van der Waals surface area contributed by atoms with E-state index in [1.54, 1.807) is 28.8 Å². The van der Waals surface area contributed by atoms with E-state index in [4.69, 9.17) is 11.6 Å². The van der Waals surface area contributed by atoms with Crippen molar-refractivity contribution in [2.24, 2.45) is 0 Å². The summed E-state index contributed by atoms with van der Waals surface area (Å²) in [4.78, 5) is 19.4. The number of para-hydroxylation sites is 1. The maximum Gasteiger partial charge on any atom is 0.274 e. The third kappa shape index (κ3) is 4.03. The molecule has 1 amide bonds. The molecule has 4 rings (SSSR count). The molecule has 0 radical (unpaired) electrons. The summed E-state index contributed by atoms with van der Waals surface area (Å²) in [7, 11) is 1.75. The van der Waals surface area contributed by atoms with Crippen LogP contribution in [0.4, 0.5) is 0 Å². The molecule has 7 nitrogen and oxygen atoms in total. The van der Waals surface area contributed by atoms with Crippen molar-refractivity contribution < 1.29 is 4.79 Å². The van der Waals surface area contributed by atoms with Crippen molar-refractivity contribution in [2.45, 2.75) is 34.2 Å². The number of rotatable bonds is 5. The molecule has 0 saturated heterocycles. The lowest BCUT2D eigenvalue weighted by Gasteiger charge is -2.18. The summed E-state index contributed by atoms with van der Waals surface area (Å²) in [6.45, 7) is 8.22. The fourth-order valence-electron chi connectivity index (χ4n) is 3.77. The summed E-state index contributed by atoms with van der Waals surface area (Å²) in [5.41, 5.74) is 5.86. The minimum absolute atomic E-state index is 0.199. The summed E-state index contributed by atoms with van der Waals surface area (Å²) in [6, 6.07) is 15.3. The monoisotopic (exact) mass is 448 g/mol. The van der Waals surface area contributed by atoms with E-state index in [2.05, 4.69) is 15.2 Å². The Balaban J connectivity index is 1.62. The lowest BCUT2D eigenvalue weighted by atomic mass is 10.1. The smallest absolute Gasteiger partial charge is 0.274 e. The molecule has 0 saturated carbocycles. The van der Waals surface area contributed by atoms with Crippen molar-refractivity contribution in [1.82, 2.24) is 29.4 Å². The van der Waals surface area contributed by atoms with Crippen molar-refractivity contribution >= 4 is 17.5 Å². The molecule has 32 heavy (non-hydrogen) atoms. The van der Waals surface area contributed by atoms with Crippen molar-refractivity contribution in [3.05, 3.63) is 87.6 Å². The number of carbonyl (C=O) groups is 1. The summed E-state index contributed by atoms with van der Waals surface area (Å²) < 4.78 is 3.61. The number of hydrogen-bond acceptors (Lipinski definition) is 4. The van der Waals surface area contributed by atoms with Gasteiger partial charge in [0, 0.05) is 30.5 Å². The lowest BCUT2D eigenvalue weighted by molar-refractivity contribution is 0.0779. The van der Waals surface area contributed by atoms with Gasteiger partial charge in [0.05, 0.1) is 22.1 Å². The maximum absolute atomic E-state index is 13.3. The van der Waals surface area contributed by atoms with E-state index in [0.29, 0.717) is 17.4 Å². The highest BCUT2D eigenvalue weighted by Crippen LogP contribution is 2.22. The van der Waals surface area contributed by atoms with E-state index in [1.807, 2.05) is 68.8 Å². The largest absolute Gasteiger partial charge is 0.336 e. The molecule has 0 bridgehead atoms. The molecule has 0 spiro atoms. The standard InChI is InChI=1S/C24H25ClN6O/c1-15-13-16(2)30(27-15)22-12-11-21(25)23(26-22)24(32)29(5)14-20-17(3)28-31(18(20)4)19-9-7-6-8-10-19/h6-13H,14H2,1-5H3. The molecule has 0 unspecified atom stereocenters. The van der Waals surface area contributed by atoms with Crippen molar-refractivity contribution in [3.8, 4) is 11.5 Å². The second-order valence-corrected chi connectivity index (χ2v) is 8.30. The molecule has 4 aromatic rings. The SMILES string of the molecule is Cc1cc(C)n(-c2ccc(Cl)c(C(=O)N(C)Cc3c(C)nn(-c4ccccc4)c3C)n2)n1. The Labute approximate surface area is 192 Å². The van der Waals surface area contributed by atoms with Crippen LogP contribution in [0.15, 0.2) is 48.5 Å². The number of hydrogen-bond donors (Lipinski definition) is 0. The van der Waals surface area contributed by atoms with Gasteiger partial charge in [0.1, 0.15) is 5.69 Å². The van der Waals surface area contributed by atoms with Crippen LogP contribution < -0.4 is 0 Å². The molecule has 0 atom stereocenters. The number of carbonyl (C=O) groups excluding carboxylic acids is 1. The average Bonchev–Trinajstić information content (AvgIpc) is 3.26. The highest BCUT2D eigenvalue weighted by molar-refractivity contribution is 6.33. The Morgan fingerprint density at radius 3 is 2.38 bits per heavy atom. The fourth-order valence-corrected chi connectivity index (χ4v) is 3.96. The Hall–Kier alpha value is -3.45. The fraction of sp³-hybridized carbons (Fsp3) is 0.250. The van der Waals surface area contributed by atoms with Gasteiger partial charge in [-0.15, -0.1) is 0 Å². The zero-order valence-electron chi connectivity index (χ0n) is 18.8. The minimum Gasteiger partial charge on any atom is -0.336 e. The van der Waals surface area contributed by atoms with E-state index in [-0.39, 0.29) is 11.6 Å². The first-order valence-electron chi connectivity index (χ1n) is 10.3. The van der Waals surface area contributed by atoms with Crippen LogP contribution in [0, 0.1) is 27.7 Å². The molecule has 0 fully saturated rings. The zero-order valence-corrected chi connectivity index (χ0v) is 19.6. The van der Waals surface area contributed by atoms with Gasteiger partial charge in [-0.05, 0) is 58.0 Å². The van der Waals surface area contributed by atoms with E-state index < -0.39 is 0 Å². The molecule has 3 heterocycles. The van der Waals surface area contributed by atoms with Crippen LogP contribution in [-0.4, -0.2) is 42.4 Å². The number of aryl methyl sites for hydroxylation is 3. The maximum atomic E-state index is 13.3. The first-order valence-corrected chi connectivity index (χ1v) is 10.7. The molecular weight excluding hydrogens is 424 g/mol. The van der Waals surface area contributed by atoms with Gasteiger partial charge in [0.15, 0.2) is 5.82 Å². The predicted molar refractivity (Wildman–Crippen MR) is 125 cm³/mol. The number of pyridine rings is 1. The first kappa shape index (κ1) is 21.8. The normalized spacial score (nSPS) is 11.1. The van der Waals surface area contributed by atoms with Crippen LogP contribution in [0.3, 0.4) is 0 Å². The summed E-state index contributed by atoms with van der Waals surface area (Å²) >= 11 is 6.36. The van der Waals surface area contributed by atoms with Gasteiger partial charge in [0.2, 0.25) is 0 Å². The van der Waals surface area contributed by atoms with Crippen LogP contribution in [-0.2, 0) is 6.54 Å². The number of halogens is 1. The Bertz CT molecular complexity index is 1290. The number of nitrogens with zero attached hydrogens (tertiary/aromatic N) is 6. The van der Waals surface area contributed by atoms with Gasteiger partial charge in [-0.3, -0.25) is 4.79 Å². The Morgan fingerprint density at radius 2 is 1.72 bits per heavy atom. The molecule has 0 N–H and O–H groups in total. The van der Waals surface area contributed by atoms with E-state index in [0.717, 1.165) is 34.0 Å². The van der Waals surface area contributed by atoms with Gasteiger partial charge < -0.3 is 4.90 Å². The van der Waals surface area contributed by atoms with Crippen LogP contribution in [0.1, 0.15) is 38.8 Å². The van der Waals surface area contributed by atoms with Crippen LogP contribution >= 0.6 is 11.6 Å². The Morgan fingerprint density at radius 1 is 1.00 bits per heavy atom. The molecular formula is C24H25ClN6O. The quantitative estimate of drug-likeness (QED) is 0.447. The third-order valence-corrected chi connectivity index (χ3v) is 5.75. The molecule has 1 aromatic carbocycles. The second kappa shape index (κ2) is 8.59. The topological polar surface area (TPSA) is 68.8 Å². The molecule has 164 valence electrons. The van der Waals surface area contributed by atoms with Crippen molar-refractivity contribution in [1.29, 1.82) is 0 Å². The van der Waals surface area contributed by atoms with Gasteiger partial charge in [-0.1, -0.05) is 29.8 Å². The second-order valence-electron chi connectivity index (χ2n) is 7.90. The zero-order chi connectivity index (χ0) is 23.0. The molecule has 8 heteroatoms. The van der Waals surface area contributed by atoms with Crippen molar-refractivity contribution in [2.75, 3.05) is 7.05 Å². The van der Waals surface area contributed by atoms with E-state index in [1.165, 1.54) is 0 Å². The van der Waals surface area contributed by atoms with Gasteiger partial charge in [0.25, 0.3) is 5.91 Å². The summed E-state index contributed by atoms with van der Waals surface area (Å²) in [5, 5.41) is 9.43. The number of amides is 1. The van der Waals surface area contributed by atoms with Gasteiger partial charge in [-0.2, -0.15) is 10.2 Å². The number of benzene rings is 1. The van der Waals surface area contributed by atoms with Crippen LogP contribution in [0.25, 0.3) is 11.5 Å². The van der Waals surface area contributed by atoms with Gasteiger partial charge in [-0.25, -0.2) is 14.3 Å². The minimum atomic E-state index is -0.260. The average molecular weight is 449 g/mol. The Kier molecular flexibility index (Phi) is 5.84. The molecule has 0 aliphatic carbocycles. The van der Waals surface area contributed by atoms with Crippen LogP contribution in [0.5, 0.6) is 0 Å². The van der Waals surface area contributed by atoms with E-state index in [9.17, 15) is 4.79 Å². The third-order valence-electron chi connectivity index (χ3n) is 5.44. The van der Waals surface area contributed by atoms with Crippen LogP contribution in [0.2, 0.25) is 5.02 Å². The van der Waals surface area contributed by atoms with Gasteiger partial charge >= 0.3 is 0 Å². The lowest BCUT2D eigenvalue weighted by Crippen LogP contribution is -2.28. The van der Waals surface area contributed by atoms with Crippen molar-refractivity contribution in [3.63, 3.8) is 0 Å². The summed E-state index contributed by atoms with van der Waals surface area (Å²) in [5.74, 6) is 0.297. The molecule has 0 aliphatic rings. The predicted octanol–water partition coefficient (Wildman–Crippen LogP) is 4.61.